The molecule has 0 spiro atoms. The zero-order chi connectivity index (χ0) is 18.6. The summed E-state index contributed by atoms with van der Waals surface area (Å²) < 4.78 is 12.3. The lowest BCUT2D eigenvalue weighted by Gasteiger charge is -2.24. The summed E-state index contributed by atoms with van der Waals surface area (Å²) in [7, 11) is 2.11. The van der Waals surface area contributed by atoms with E-state index in [1.54, 1.807) is 0 Å². The van der Waals surface area contributed by atoms with Crippen LogP contribution in [0.4, 0.5) is 0 Å². The van der Waals surface area contributed by atoms with E-state index in [9.17, 15) is 0 Å². The molecule has 1 N–H and O–H groups in total. The Labute approximate surface area is 170 Å². The Morgan fingerprint density at radius 3 is 3.08 bits per heavy atom. The largest absolute Gasteiger partial charge is 0.493 e. The van der Waals surface area contributed by atoms with Crippen molar-refractivity contribution in [2.45, 2.75) is 13.3 Å². The minimum Gasteiger partial charge on any atom is -0.493 e. The van der Waals surface area contributed by atoms with Gasteiger partial charge in [0.1, 0.15) is 5.75 Å². The van der Waals surface area contributed by atoms with E-state index in [1.165, 1.54) is 0 Å². The third kappa shape index (κ3) is 8.18. The van der Waals surface area contributed by atoms with Gasteiger partial charge in [-0.3, -0.25) is 4.99 Å². The van der Waals surface area contributed by atoms with Crippen LogP contribution >= 0.6 is 27.7 Å². The second kappa shape index (κ2) is 12.5. The Balaban J connectivity index is 1.62. The number of nitrogens with one attached hydrogen (secondary N) is 1. The number of nitrogens with zero attached hydrogens (tertiary/aromatic N) is 2. The van der Waals surface area contributed by atoms with E-state index in [1.807, 2.05) is 36.0 Å². The van der Waals surface area contributed by atoms with Gasteiger partial charge in [-0.1, -0.05) is 22.0 Å². The quantitative estimate of drug-likeness (QED) is 0.340. The van der Waals surface area contributed by atoms with Crippen molar-refractivity contribution in [2.75, 3.05) is 58.0 Å². The van der Waals surface area contributed by atoms with E-state index in [0.717, 1.165) is 67.0 Å². The van der Waals surface area contributed by atoms with Crippen molar-refractivity contribution in [3.05, 3.63) is 28.7 Å². The minimum absolute atomic E-state index is 0.619. The van der Waals surface area contributed by atoms with Crippen molar-refractivity contribution in [3.63, 3.8) is 0 Å². The van der Waals surface area contributed by atoms with Crippen LogP contribution in [-0.4, -0.2) is 68.9 Å². The third-order valence-electron chi connectivity index (χ3n) is 4.04. The molecule has 2 rings (SSSR count). The SMILES string of the molecule is CCNC(=NCCSCCOc1cccc(Br)c1)N(C)CC1CCOC1. The molecule has 1 fully saturated rings. The van der Waals surface area contributed by atoms with Gasteiger partial charge in [-0.2, -0.15) is 11.8 Å². The first-order valence-corrected chi connectivity index (χ1v) is 11.2. The van der Waals surface area contributed by atoms with Crippen molar-refractivity contribution in [3.8, 4) is 5.75 Å². The molecule has 1 aliphatic rings. The minimum atomic E-state index is 0.619. The highest BCUT2D eigenvalue weighted by Crippen LogP contribution is 2.18. The van der Waals surface area contributed by atoms with Gasteiger partial charge in [-0.15, -0.1) is 0 Å². The van der Waals surface area contributed by atoms with Gasteiger partial charge in [0.2, 0.25) is 0 Å². The van der Waals surface area contributed by atoms with E-state index >= 15 is 0 Å². The van der Waals surface area contributed by atoms with E-state index in [4.69, 9.17) is 14.5 Å². The van der Waals surface area contributed by atoms with Crippen molar-refractivity contribution in [2.24, 2.45) is 10.9 Å². The lowest BCUT2D eigenvalue weighted by molar-refractivity contribution is 0.181. The number of thioether (sulfide) groups is 1. The Morgan fingerprint density at radius 2 is 2.35 bits per heavy atom. The Morgan fingerprint density at radius 1 is 1.46 bits per heavy atom. The molecule has 1 unspecified atom stereocenters. The molecule has 0 saturated carbocycles. The van der Waals surface area contributed by atoms with E-state index in [-0.39, 0.29) is 0 Å². The van der Waals surface area contributed by atoms with Crippen LogP contribution in [0.3, 0.4) is 0 Å². The number of rotatable bonds is 10. The van der Waals surface area contributed by atoms with Crippen molar-refractivity contribution < 1.29 is 9.47 Å². The summed E-state index contributed by atoms with van der Waals surface area (Å²) in [6.45, 7) is 7.29. The van der Waals surface area contributed by atoms with E-state index < -0.39 is 0 Å². The van der Waals surface area contributed by atoms with Crippen LogP contribution in [0.2, 0.25) is 0 Å². The molecule has 1 aliphatic heterocycles. The topological polar surface area (TPSA) is 46.1 Å². The summed E-state index contributed by atoms with van der Waals surface area (Å²) in [5.41, 5.74) is 0. The van der Waals surface area contributed by atoms with Gasteiger partial charge in [0.25, 0.3) is 0 Å². The van der Waals surface area contributed by atoms with Crippen LogP contribution in [-0.2, 0) is 4.74 Å². The van der Waals surface area contributed by atoms with Crippen molar-refractivity contribution in [1.29, 1.82) is 0 Å². The highest BCUT2D eigenvalue weighted by Gasteiger charge is 2.18. The molecule has 1 aromatic rings. The number of benzene rings is 1. The summed E-state index contributed by atoms with van der Waals surface area (Å²) in [5.74, 6) is 4.48. The van der Waals surface area contributed by atoms with E-state index in [2.05, 4.69) is 40.1 Å². The fraction of sp³-hybridized carbons (Fsp3) is 0.632. The molecular weight excluding hydrogens is 414 g/mol. The maximum Gasteiger partial charge on any atom is 0.193 e. The summed E-state index contributed by atoms with van der Waals surface area (Å²) >= 11 is 5.32. The van der Waals surface area contributed by atoms with Gasteiger partial charge in [0.05, 0.1) is 19.8 Å². The Kier molecular flexibility index (Phi) is 10.2. The third-order valence-corrected chi connectivity index (χ3v) is 5.46. The Bertz CT molecular complexity index is 553. The highest BCUT2D eigenvalue weighted by molar-refractivity contribution is 9.10. The molecule has 1 heterocycles. The van der Waals surface area contributed by atoms with Crippen LogP contribution in [0.15, 0.2) is 33.7 Å². The number of guanidine groups is 1. The second-order valence-electron chi connectivity index (χ2n) is 6.26. The zero-order valence-corrected chi connectivity index (χ0v) is 18.2. The molecule has 1 atom stereocenters. The maximum absolute atomic E-state index is 5.75. The first-order valence-electron chi connectivity index (χ1n) is 9.22. The van der Waals surface area contributed by atoms with Gasteiger partial charge < -0.3 is 19.7 Å². The maximum atomic E-state index is 5.75. The first kappa shape index (κ1) is 21.4. The molecule has 7 heteroatoms. The lowest BCUT2D eigenvalue weighted by Crippen LogP contribution is -2.41. The molecule has 146 valence electrons. The molecule has 1 aromatic carbocycles. The molecule has 1 saturated heterocycles. The van der Waals surface area contributed by atoms with Crippen LogP contribution in [0, 0.1) is 5.92 Å². The number of aliphatic imine (C=N–C) groups is 1. The molecule has 26 heavy (non-hydrogen) atoms. The number of hydrogen-bond donors (Lipinski definition) is 1. The van der Waals surface area contributed by atoms with E-state index in [0.29, 0.717) is 12.5 Å². The lowest BCUT2D eigenvalue weighted by atomic mass is 10.1. The van der Waals surface area contributed by atoms with Gasteiger partial charge in [0, 0.05) is 48.6 Å². The second-order valence-corrected chi connectivity index (χ2v) is 8.40. The standard InChI is InChI=1S/C19H30BrN3O2S/c1-3-21-19(23(2)14-16-7-9-24-15-16)22-8-11-26-12-10-25-18-6-4-5-17(20)13-18/h4-6,13,16H,3,7-12,14-15H2,1-2H3,(H,21,22). The number of hydrogen-bond acceptors (Lipinski definition) is 4. The monoisotopic (exact) mass is 443 g/mol. The number of halogens is 1. The summed E-state index contributed by atoms with van der Waals surface area (Å²) in [6, 6.07) is 7.95. The van der Waals surface area contributed by atoms with Crippen molar-refractivity contribution in [1.82, 2.24) is 10.2 Å². The molecule has 5 nitrogen and oxygen atoms in total. The number of ether oxygens (including phenoxy) is 2. The van der Waals surface area contributed by atoms with Crippen LogP contribution in [0.5, 0.6) is 5.75 Å². The Hall–Kier alpha value is -0.920. The van der Waals surface area contributed by atoms with Crippen molar-refractivity contribution >= 4 is 33.7 Å². The van der Waals surface area contributed by atoms with Gasteiger partial charge in [-0.05, 0) is 31.5 Å². The summed E-state index contributed by atoms with van der Waals surface area (Å²) in [6.07, 6.45) is 1.15. The molecule has 0 aliphatic carbocycles. The fourth-order valence-electron chi connectivity index (χ4n) is 2.76. The smallest absolute Gasteiger partial charge is 0.193 e. The predicted molar refractivity (Wildman–Crippen MR) is 114 cm³/mol. The summed E-state index contributed by atoms with van der Waals surface area (Å²) in [4.78, 5) is 6.97. The zero-order valence-electron chi connectivity index (χ0n) is 15.7. The van der Waals surface area contributed by atoms with Gasteiger partial charge in [-0.25, -0.2) is 0 Å². The molecule has 0 aromatic heterocycles. The average molecular weight is 444 g/mol. The average Bonchev–Trinajstić information content (AvgIpc) is 3.13. The highest BCUT2D eigenvalue weighted by atomic mass is 79.9. The van der Waals surface area contributed by atoms with Crippen LogP contribution in [0.1, 0.15) is 13.3 Å². The van der Waals surface area contributed by atoms with Crippen LogP contribution in [0.25, 0.3) is 0 Å². The fourth-order valence-corrected chi connectivity index (χ4v) is 3.77. The van der Waals surface area contributed by atoms with Gasteiger partial charge >= 0.3 is 0 Å². The molecule has 0 amide bonds. The predicted octanol–water partition coefficient (Wildman–Crippen LogP) is 3.49. The summed E-state index contributed by atoms with van der Waals surface area (Å²) in [5, 5.41) is 3.38. The molecular formula is C19H30BrN3O2S. The van der Waals surface area contributed by atoms with Gasteiger partial charge in [0.15, 0.2) is 5.96 Å². The van der Waals surface area contributed by atoms with Crippen LogP contribution < -0.4 is 10.1 Å². The molecule has 0 bridgehead atoms. The first-order chi connectivity index (χ1) is 12.7. The normalized spacial score (nSPS) is 17.3. The molecule has 0 radical (unpaired) electrons.